The number of Topliss-reactive ketones (excluding diaryl/α,β-unsaturated/α-hetero) is 1. The van der Waals surface area contributed by atoms with E-state index in [1.165, 1.54) is 13.0 Å². The molecule has 0 aliphatic carbocycles. The summed E-state index contributed by atoms with van der Waals surface area (Å²) in [5.74, 6) is 0.0334. The van der Waals surface area contributed by atoms with Crippen LogP contribution in [-0.4, -0.2) is 45.3 Å². The lowest BCUT2D eigenvalue weighted by atomic mass is 9.89. The summed E-state index contributed by atoms with van der Waals surface area (Å²) in [7, 11) is -1.66. The van der Waals surface area contributed by atoms with E-state index in [0.717, 1.165) is 36.3 Å². The molecule has 0 aromatic heterocycles. The van der Waals surface area contributed by atoms with Crippen LogP contribution in [0.25, 0.3) is 0 Å². The first-order valence-corrected chi connectivity index (χ1v) is 10.7. The van der Waals surface area contributed by atoms with Crippen molar-refractivity contribution < 1.29 is 13.2 Å². The van der Waals surface area contributed by atoms with E-state index >= 15 is 0 Å². The van der Waals surface area contributed by atoms with Crippen molar-refractivity contribution in [2.75, 3.05) is 24.4 Å². The number of likely N-dealkylation sites (tertiary alicyclic amines) is 1. The number of piperidine rings is 1. The Bertz CT molecular complexity index is 1020. The van der Waals surface area contributed by atoms with Gasteiger partial charge in [0.2, 0.25) is 0 Å². The third kappa shape index (κ3) is 2.97. The molecule has 4 rings (SSSR count). The van der Waals surface area contributed by atoms with E-state index in [1.54, 1.807) is 22.5 Å². The van der Waals surface area contributed by atoms with Gasteiger partial charge in [0.05, 0.1) is 16.6 Å². The summed E-state index contributed by atoms with van der Waals surface area (Å²) in [6.45, 7) is 5.20. The number of fused-ring (bicyclic) bond motifs is 3. The van der Waals surface area contributed by atoms with Crippen LogP contribution in [0.3, 0.4) is 0 Å². The topological polar surface area (TPSA) is 57.7 Å². The lowest BCUT2D eigenvalue weighted by Crippen LogP contribution is -2.47. The number of sulfonamides is 1. The summed E-state index contributed by atoms with van der Waals surface area (Å²) in [6, 6.07) is 12.3. The predicted octanol–water partition coefficient (Wildman–Crippen LogP) is 3.19. The second-order valence-electron chi connectivity index (χ2n) is 7.67. The molecular weight excluding hydrogens is 360 g/mol. The Morgan fingerprint density at radius 3 is 2.67 bits per heavy atom. The number of carbonyl (C=O) groups is 1. The SMILES string of the molecule is CC(=O)c1cccc(S(=O)(=O)N2c3ccc(C)cc3[C@H]3CN(C)CC[C@@H]32)c1. The molecule has 2 atom stereocenters. The first-order chi connectivity index (χ1) is 12.8. The fraction of sp³-hybridized carbons (Fsp3) is 0.381. The zero-order valence-corrected chi connectivity index (χ0v) is 16.7. The van der Waals surface area contributed by atoms with Crippen LogP contribution in [-0.2, 0) is 10.0 Å². The maximum atomic E-state index is 13.6. The molecule has 0 unspecified atom stereocenters. The van der Waals surface area contributed by atoms with Gasteiger partial charge in [0, 0.05) is 18.0 Å². The third-order valence-corrected chi connectivity index (χ3v) is 7.53. The molecule has 0 saturated carbocycles. The minimum Gasteiger partial charge on any atom is -0.306 e. The fourth-order valence-electron chi connectivity index (χ4n) is 4.34. The molecule has 2 aliphatic rings. The van der Waals surface area contributed by atoms with E-state index in [1.807, 2.05) is 19.1 Å². The van der Waals surface area contributed by atoms with Crippen LogP contribution in [0.1, 0.15) is 40.7 Å². The van der Waals surface area contributed by atoms with Crippen LogP contribution in [0.2, 0.25) is 0 Å². The Morgan fingerprint density at radius 1 is 1.15 bits per heavy atom. The van der Waals surface area contributed by atoms with Gasteiger partial charge in [-0.3, -0.25) is 9.10 Å². The lowest BCUT2D eigenvalue weighted by Gasteiger charge is -2.36. The van der Waals surface area contributed by atoms with Gasteiger partial charge >= 0.3 is 0 Å². The van der Waals surface area contributed by atoms with Crippen molar-refractivity contribution >= 4 is 21.5 Å². The molecule has 27 heavy (non-hydrogen) atoms. The van der Waals surface area contributed by atoms with Crippen molar-refractivity contribution in [3.8, 4) is 0 Å². The zero-order chi connectivity index (χ0) is 19.3. The average molecular weight is 385 g/mol. The molecule has 6 heteroatoms. The zero-order valence-electron chi connectivity index (χ0n) is 15.8. The van der Waals surface area contributed by atoms with Gasteiger partial charge in [-0.25, -0.2) is 8.42 Å². The van der Waals surface area contributed by atoms with Crippen LogP contribution < -0.4 is 4.31 Å². The molecule has 2 aromatic rings. The second kappa shape index (κ2) is 6.46. The largest absolute Gasteiger partial charge is 0.306 e. The van der Waals surface area contributed by atoms with E-state index in [-0.39, 0.29) is 22.6 Å². The van der Waals surface area contributed by atoms with Gasteiger partial charge < -0.3 is 4.90 Å². The highest BCUT2D eigenvalue weighted by Crippen LogP contribution is 2.47. The molecule has 0 amide bonds. The fourth-order valence-corrected chi connectivity index (χ4v) is 6.12. The third-order valence-electron chi connectivity index (χ3n) is 5.70. The molecule has 142 valence electrons. The maximum absolute atomic E-state index is 13.6. The van der Waals surface area contributed by atoms with Gasteiger partial charge in [-0.2, -0.15) is 0 Å². The summed E-state index contributed by atoms with van der Waals surface area (Å²) in [5.41, 5.74) is 3.44. The van der Waals surface area contributed by atoms with Gasteiger partial charge in [0.1, 0.15) is 0 Å². The number of anilines is 1. The Kier molecular flexibility index (Phi) is 4.35. The number of nitrogens with zero attached hydrogens (tertiary/aromatic N) is 2. The summed E-state index contributed by atoms with van der Waals surface area (Å²) in [4.78, 5) is 14.2. The monoisotopic (exact) mass is 384 g/mol. The lowest BCUT2D eigenvalue weighted by molar-refractivity contribution is 0.101. The summed E-state index contributed by atoms with van der Waals surface area (Å²) < 4.78 is 28.8. The molecule has 2 heterocycles. The molecule has 0 N–H and O–H groups in total. The highest BCUT2D eigenvalue weighted by molar-refractivity contribution is 7.92. The minimum absolute atomic E-state index is 0.0796. The van der Waals surface area contributed by atoms with Crippen molar-refractivity contribution in [2.24, 2.45) is 0 Å². The van der Waals surface area contributed by atoms with Crippen LogP contribution >= 0.6 is 0 Å². The number of aryl methyl sites for hydroxylation is 1. The highest BCUT2D eigenvalue weighted by Gasteiger charge is 2.46. The maximum Gasteiger partial charge on any atom is 0.264 e. The van der Waals surface area contributed by atoms with Gasteiger partial charge in [-0.05, 0) is 57.6 Å². The predicted molar refractivity (Wildman–Crippen MR) is 106 cm³/mol. The van der Waals surface area contributed by atoms with E-state index < -0.39 is 10.0 Å². The highest BCUT2D eigenvalue weighted by atomic mass is 32.2. The van der Waals surface area contributed by atoms with E-state index in [4.69, 9.17) is 0 Å². The Hall–Kier alpha value is -2.18. The molecule has 2 aromatic carbocycles. The normalized spacial score (nSPS) is 22.4. The first-order valence-electron chi connectivity index (χ1n) is 9.23. The average Bonchev–Trinajstić information content (AvgIpc) is 2.95. The van der Waals surface area contributed by atoms with Crippen LogP contribution in [0.5, 0.6) is 0 Å². The molecule has 2 aliphatic heterocycles. The quantitative estimate of drug-likeness (QED) is 0.763. The Morgan fingerprint density at radius 2 is 1.93 bits per heavy atom. The van der Waals surface area contributed by atoms with E-state index in [2.05, 4.69) is 18.0 Å². The number of hydrogen-bond donors (Lipinski definition) is 0. The summed E-state index contributed by atoms with van der Waals surface area (Å²) >= 11 is 0. The Labute approximate surface area is 160 Å². The van der Waals surface area contributed by atoms with Gasteiger partial charge in [-0.15, -0.1) is 0 Å². The first kappa shape index (κ1) is 18.2. The van der Waals surface area contributed by atoms with Crippen molar-refractivity contribution in [3.05, 3.63) is 59.2 Å². The number of hydrogen-bond acceptors (Lipinski definition) is 4. The molecule has 0 spiro atoms. The van der Waals surface area contributed by atoms with Crippen molar-refractivity contribution in [1.82, 2.24) is 4.90 Å². The molecule has 5 nitrogen and oxygen atoms in total. The van der Waals surface area contributed by atoms with E-state index in [9.17, 15) is 13.2 Å². The standard InChI is InChI=1S/C21H24N2O3S/c1-14-7-8-20-18(11-14)19-13-22(3)10-9-21(19)23(20)27(25,26)17-6-4-5-16(12-17)15(2)24/h4-8,11-12,19,21H,9-10,13H2,1-3H3/t19-,21+/m1/s1. The van der Waals surface area contributed by atoms with Crippen molar-refractivity contribution in [3.63, 3.8) is 0 Å². The van der Waals surface area contributed by atoms with Crippen LogP contribution in [0, 0.1) is 6.92 Å². The van der Waals surface area contributed by atoms with E-state index in [0.29, 0.717) is 5.56 Å². The molecule has 0 bridgehead atoms. The number of likely N-dealkylation sites (N-methyl/N-ethyl adjacent to an activating group) is 1. The van der Waals surface area contributed by atoms with Gasteiger partial charge in [0.25, 0.3) is 10.0 Å². The van der Waals surface area contributed by atoms with Crippen LogP contribution in [0.15, 0.2) is 47.4 Å². The minimum atomic E-state index is -3.75. The van der Waals surface area contributed by atoms with Crippen LogP contribution in [0.4, 0.5) is 5.69 Å². The number of ketones is 1. The van der Waals surface area contributed by atoms with Crippen molar-refractivity contribution in [2.45, 2.75) is 37.1 Å². The smallest absolute Gasteiger partial charge is 0.264 e. The Balaban J connectivity index is 1.85. The number of rotatable bonds is 3. The summed E-state index contributed by atoms with van der Waals surface area (Å²) in [6.07, 6.45) is 0.792. The molecule has 0 radical (unpaired) electrons. The molecular formula is C21H24N2O3S. The molecule has 1 fully saturated rings. The van der Waals surface area contributed by atoms with Gasteiger partial charge in [-0.1, -0.05) is 29.8 Å². The summed E-state index contributed by atoms with van der Waals surface area (Å²) in [5, 5.41) is 0. The molecule has 1 saturated heterocycles. The van der Waals surface area contributed by atoms with Gasteiger partial charge in [0.15, 0.2) is 5.78 Å². The second-order valence-corrected chi connectivity index (χ2v) is 9.49. The number of carbonyl (C=O) groups excluding carboxylic acids is 1. The number of benzene rings is 2. The van der Waals surface area contributed by atoms with Crippen molar-refractivity contribution in [1.29, 1.82) is 0 Å².